The Bertz CT molecular complexity index is 186. The van der Waals surface area contributed by atoms with Crippen molar-refractivity contribution < 1.29 is 0 Å². The van der Waals surface area contributed by atoms with Crippen molar-refractivity contribution in [3.8, 4) is 0 Å². The molecule has 1 saturated carbocycles. The van der Waals surface area contributed by atoms with E-state index in [0.717, 1.165) is 11.8 Å². The molecule has 0 saturated heterocycles. The van der Waals surface area contributed by atoms with Gasteiger partial charge in [-0.25, -0.2) is 0 Å². The highest BCUT2D eigenvalue weighted by Crippen LogP contribution is 2.43. The molecule has 0 heterocycles. The maximum Gasteiger partial charge on any atom is 0.0123 e. The van der Waals surface area contributed by atoms with Gasteiger partial charge in [0.05, 0.1) is 0 Å². The first kappa shape index (κ1) is 13.0. The standard InChI is InChI=1S/C14H29N/c1-6-11(2)13(15-5)12-9-7-8-10-14(12,3)4/h11-13,15H,6-10H2,1-5H3. The van der Waals surface area contributed by atoms with Crippen LogP contribution in [-0.2, 0) is 0 Å². The minimum absolute atomic E-state index is 0.537. The fourth-order valence-electron chi connectivity index (χ4n) is 3.32. The van der Waals surface area contributed by atoms with E-state index in [2.05, 4.69) is 40.1 Å². The summed E-state index contributed by atoms with van der Waals surface area (Å²) in [5, 5.41) is 3.58. The van der Waals surface area contributed by atoms with E-state index in [9.17, 15) is 0 Å². The molecule has 1 rings (SSSR count). The molecule has 90 valence electrons. The van der Waals surface area contributed by atoms with E-state index in [-0.39, 0.29) is 0 Å². The fraction of sp³-hybridized carbons (Fsp3) is 1.00. The monoisotopic (exact) mass is 211 g/mol. The summed E-state index contributed by atoms with van der Waals surface area (Å²) in [5.41, 5.74) is 0.537. The Kier molecular flexibility index (Phi) is 4.64. The molecule has 0 bridgehead atoms. The van der Waals surface area contributed by atoms with E-state index < -0.39 is 0 Å². The normalized spacial score (nSPS) is 29.8. The third-order valence-electron chi connectivity index (χ3n) is 4.61. The second-order valence-corrected chi connectivity index (χ2v) is 6.04. The summed E-state index contributed by atoms with van der Waals surface area (Å²) in [7, 11) is 2.14. The van der Waals surface area contributed by atoms with Crippen molar-refractivity contribution in [2.24, 2.45) is 17.3 Å². The van der Waals surface area contributed by atoms with Crippen LogP contribution in [0, 0.1) is 17.3 Å². The van der Waals surface area contributed by atoms with Gasteiger partial charge in [-0.3, -0.25) is 0 Å². The molecule has 1 nitrogen and oxygen atoms in total. The molecule has 1 fully saturated rings. The van der Waals surface area contributed by atoms with Crippen LogP contribution in [0.25, 0.3) is 0 Å². The molecule has 3 unspecified atom stereocenters. The Balaban J connectivity index is 2.72. The topological polar surface area (TPSA) is 12.0 Å². The van der Waals surface area contributed by atoms with Gasteiger partial charge in [0.1, 0.15) is 0 Å². The molecular formula is C14H29N. The Morgan fingerprint density at radius 2 is 2.00 bits per heavy atom. The van der Waals surface area contributed by atoms with Crippen LogP contribution < -0.4 is 5.32 Å². The zero-order chi connectivity index (χ0) is 11.5. The summed E-state index contributed by atoms with van der Waals surface area (Å²) in [6.07, 6.45) is 6.98. The van der Waals surface area contributed by atoms with E-state index in [4.69, 9.17) is 0 Å². The Morgan fingerprint density at radius 3 is 2.47 bits per heavy atom. The molecule has 0 aromatic carbocycles. The Morgan fingerprint density at radius 1 is 1.33 bits per heavy atom. The number of nitrogens with one attached hydrogen (secondary N) is 1. The minimum atomic E-state index is 0.537. The summed E-state index contributed by atoms with van der Waals surface area (Å²) < 4.78 is 0. The Labute approximate surface area is 96.0 Å². The van der Waals surface area contributed by atoms with E-state index in [0.29, 0.717) is 11.5 Å². The number of rotatable bonds is 4. The van der Waals surface area contributed by atoms with E-state index >= 15 is 0 Å². The first-order valence-corrected chi connectivity index (χ1v) is 6.70. The van der Waals surface area contributed by atoms with Crippen molar-refractivity contribution in [3.63, 3.8) is 0 Å². The van der Waals surface area contributed by atoms with Crippen LogP contribution in [0.1, 0.15) is 59.8 Å². The van der Waals surface area contributed by atoms with Crippen LogP contribution in [0.4, 0.5) is 0 Å². The summed E-state index contributed by atoms with van der Waals surface area (Å²) in [4.78, 5) is 0. The highest BCUT2D eigenvalue weighted by molar-refractivity contribution is 4.91. The van der Waals surface area contributed by atoms with Crippen molar-refractivity contribution >= 4 is 0 Å². The van der Waals surface area contributed by atoms with Crippen molar-refractivity contribution in [3.05, 3.63) is 0 Å². The van der Waals surface area contributed by atoms with Gasteiger partial charge in [-0.05, 0) is 37.1 Å². The first-order chi connectivity index (χ1) is 7.03. The molecule has 0 amide bonds. The van der Waals surface area contributed by atoms with Crippen LogP contribution in [0.5, 0.6) is 0 Å². The van der Waals surface area contributed by atoms with Crippen LogP contribution in [0.15, 0.2) is 0 Å². The van der Waals surface area contributed by atoms with E-state index in [1.54, 1.807) is 0 Å². The molecule has 1 N–H and O–H groups in total. The average Bonchev–Trinajstić information content (AvgIpc) is 2.20. The van der Waals surface area contributed by atoms with Gasteiger partial charge in [0.2, 0.25) is 0 Å². The van der Waals surface area contributed by atoms with Crippen molar-refractivity contribution in [1.29, 1.82) is 0 Å². The van der Waals surface area contributed by atoms with Gasteiger partial charge in [-0.15, -0.1) is 0 Å². The van der Waals surface area contributed by atoms with Gasteiger partial charge in [-0.1, -0.05) is 47.0 Å². The lowest BCUT2D eigenvalue weighted by Gasteiger charge is -2.45. The SMILES string of the molecule is CCC(C)C(NC)C1CCCCC1(C)C. The largest absolute Gasteiger partial charge is 0.316 e. The third kappa shape index (κ3) is 2.96. The lowest BCUT2D eigenvalue weighted by atomic mass is 9.63. The van der Waals surface area contributed by atoms with Crippen molar-refractivity contribution in [2.45, 2.75) is 65.8 Å². The predicted octanol–water partition coefficient (Wildman–Crippen LogP) is 3.84. The second kappa shape index (κ2) is 5.34. The van der Waals surface area contributed by atoms with E-state index in [1.165, 1.54) is 32.1 Å². The lowest BCUT2D eigenvalue weighted by Crippen LogP contribution is -2.46. The van der Waals surface area contributed by atoms with E-state index in [1.807, 2.05) is 0 Å². The summed E-state index contributed by atoms with van der Waals surface area (Å²) in [5.74, 6) is 1.67. The van der Waals surface area contributed by atoms with Crippen LogP contribution in [0.2, 0.25) is 0 Å². The van der Waals surface area contributed by atoms with Crippen LogP contribution >= 0.6 is 0 Å². The Hall–Kier alpha value is -0.0400. The molecule has 0 spiro atoms. The van der Waals surface area contributed by atoms with Crippen LogP contribution in [0.3, 0.4) is 0 Å². The van der Waals surface area contributed by atoms with Gasteiger partial charge in [-0.2, -0.15) is 0 Å². The molecule has 3 atom stereocenters. The summed E-state index contributed by atoms with van der Waals surface area (Å²) >= 11 is 0. The molecular weight excluding hydrogens is 182 g/mol. The summed E-state index contributed by atoms with van der Waals surface area (Å²) in [6.45, 7) is 9.63. The van der Waals surface area contributed by atoms with Gasteiger partial charge < -0.3 is 5.32 Å². The molecule has 1 aliphatic rings. The molecule has 0 aromatic rings. The molecule has 15 heavy (non-hydrogen) atoms. The third-order valence-corrected chi connectivity index (χ3v) is 4.61. The molecule has 1 heteroatoms. The highest BCUT2D eigenvalue weighted by atomic mass is 14.9. The van der Waals surface area contributed by atoms with Gasteiger partial charge in [0, 0.05) is 6.04 Å². The molecule has 0 aromatic heterocycles. The predicted molar refractivity (Wildman–Crippen MR) is 68.0 cm³/mol. The smallest absolute Gasteiger partial charge is 0.0123 e. The lowest BCUT2D eigenvalue weighted by molar-refractivity contribution is 0.0790. The maximum absolute atomic E-state index is 3.58. The molecule has 0 aliphatic heterocycles. The zero-order valence-corrected chi connectivity index (χ0v) is 11.3. The molecule has 0 radical (unpaired) electrons. The average molecular weight is 211 g/mol. The minimum Gasteiger partial charge on any atom is -0.316 e. The van der Waals surface area contributed by atoms with Gasteiger partial charge in [0.15, 0.2) is 0 Å². The van der Waals surface area contributed by atoms with Gasteiger partial charge >= 0.3 is 0 Å². The van der Waals surface area contributed by atoms with Crippen LogP contribution in [-0.4, -0.2) is 13.1 Å². The maximum atomic E-state index is 3.58. The number of hydrogen-bond acceptors (Lipinski definition) is 1. The fourth-order valence-corrected chi connectivity index (χ4v) is 3.32. The second-order valence-electron chi connectivity index (χ2n) is 6.04. The van der Waals surface area contributed by atoms with Gasteiger partial charge in [0.25, 0.3) is 0 Å². The number of hydrogen-bond donors (Lipinski definition) is 1. The summed E-state index contributed by atoms with van der Waals surface area (Å²) in [6, 6.07) is 0.713. The quantitative estimate of drug-likeness (QED) is 0.745. The zero-order valence-electron chi connectivity index (χ0n) is 11.3. The van der Waals surface area contributed by atoms with Crippen molar-refractivity contribution in [1.82, 2.24) is 5.32 Å². The highest BCUT2D eigenvalue weighted by Gasteiger charge is 2.38. The first-order valence-electron chi connectivity index (χ1n) is 6.70. The molecule has 1 aliphatic carbocycles. The van der Waals surface area contributed by atoms with Crippen molar-refractivity contribution in [2.75, 3.05) is 7.05 Å².